The number of hydrogen-bond acceptors (Lipinski definition) is 4. The highest BCUT2D eigenvalue weighted by atomic mass is 32.2. The van der Waals surface area contributed by atoms with E-state index in [1.54, 1.807) is 6.92 Å². The minimum Gasteiger partial charge on any atom is -0.508 e. The van der Waals surface area contributed by atoms with Gasteiger partial charge in [0, 0.05) is 24.4 Å². The fourth-order valence-electron chi connectivity index (χ4n) is 1.44. The lowest BCUT2D eigenvalue weighted by atomic mass is 10.1. The summed E-state index contributed by atoms with van der Waals surface area (Å²) in [5.41, 5.74) is 0.415. The molecule has 0 aliphatic heterocycles. The van der Waals surface area contributed by atoms with Crippen molar-refractivity contribution in [3.05, 3.63) is 29.6 Å². The predicted molar refractivity (Wildman–Crippen MR) is 64.2 cm³/mol. The normalized spacial score (nSPS) is 13.6. The van der Waals surface area contributed by atoms with Crippen molar-refractivity contribution in [3.8, 4) is 5.75 Å². The van der Waals surface area contributed by atoms with Gasteiger partial charge in [0.15, 0.2) is 0 Å². The van der Waals surface area contributed by atoms with Gasteiger partial charge < -0.3 is 10.4 Å². The van der Waals surface area contributed by atoms with Gasteiger partial charge >= 0.3 is 0 Å². The lowest BCUT2D eigenvalue weighted by Crippen LogP contribution is -2.25. The highest BCUT2D eigenvalue weighted by molar-refractivity contribution is 7.90. The zero-order chi connectivity index (χ0) is 13.1. The van der Waals surface area contributed by atoms with Crippen molar-refractivity contribution in [2.24, 2.45) is 0 Å². The zero-order valence-corrected chi connectivity index (χ0v) is 10.6. The largest absolute Gasteiger partial charge is 0.508 e. The molecule has 0 bridgehead atoms. The molecule has 1 aromatic rings. The van der Waals surface area contributed by atoms with E-state index in [1.165, 1.54) is 18.2 Å². The van der Waals surface area contributed by atoms with Gasteiger partial charge in [-0.05, 0) is 25.1 Å². The smallest absolute Gasteiger partial charge is 0.148 e. The van der Waals surface area contributed by atoms with E-state index in [4.69, 9.17) is 0 Å². The Bertz CT molecular complexity index is 487. The molecule has 1 unspecified atom stereocenters. The zero-order valence-electron chi connectivity index (χ0n) is 9.77. The van der Waals surface area contributed by atoms with Gasteiger partial charge in [0.05, 0.1) is 5.75 Å². The van der Waals surface area contributed by atoms with Gasteiger partial charge in [0.2, 0.25) is 0 Å². The minimum absolute atomic E-state index is 0.00736. The summed E-state index contributed by atoms with van der Waals surface area (Å²) in [6.07, 6.45) is 1.15. The molecule has 96 valence electrons. The topological polar surface area (TPSA) is 66.4 Å². The fourth-order valence-corrected chi connectivity index (χ4v) is 1.93. The molecule has 6 heteroatoms. The number of phenolic OH excluding ortho intramolecular Hbond substituents is 1. The van der Waals surface area contributed by atoms with E-state index in [-0.39, 0.29) is 24.1 Å². The first-order chi connectivity index (χ1) is 7.79. The molecule has 0 aromatic heterocycles. The average Bonchev–Trinajstić information content (AvgIpc) is 2.19. The van der Waals surface area contributed by atoms with E-state index in [0.717, 1.165) is 6.26 Å². The van der Waals surface area contributed by atoms with Gasteiger partial charge in [0.25, 0.3) is 0 Å². The number of rotatable bonds is 5. The molecular formula is C11H16FNO3S. The van der Waals surface area contributed by atoms with Gasteiger partial charge in [-0.25, -0.2) is 12.8 Å². The van der Waals surface area contributed by atoms with Gasteiger partial charge in [-0.15, -0.1) is 0 Å². The van der Waals surface area contributed by atoms with E-state index in [0.29, 0.717) is 5.56 Å². The Morgan fingerprint density at radius 2 is 2.12 bits per heavy atom. The van der Waals surface area contributed by atoms with E-state index in [1.807, 2.05) is 0 Å². The van der Waals surface area contributed by atoms with Crippen LogP contribution in [0.2, 0.25) is 0 Å². The SMILES string of the molecule is CC(NCCS(C)(=O)=O)c1cc(F)ccc1O. The molecule has 0 saturated carbocycles. The Kier molecular flexibility index (Phi) is 4.47. The van der Waals surface area contributed by atoms with Crippen molar-refractivity contribution in [3.63, 3.8) is 0 Å². The number of halogens is 1. The van der Waals surface area contributed by atoms with Crippen LogP contribution < -0.4 is 5.32 Å². The molecule has 0 amide bonds. The van der Waals surface area contributed by atoms with Crippen LogP contribution in [0.5, 0.6) is 5.75 Å². The minimum atomic E-state index is -3.02. The molecule has 4 nitrogen and oxygen atoms in total. The molecule has 0 radical (unpaired) electrons. The summed E-state index contributed by atoms with van der Waals surface area (Å²) in [6.45, 7) is 1.99. The van der Waals surface area contributed by atoms with E-state index >= 15 is 0 Å². The highest BCUT2D eigenvalue weighted by Crippen LogP contribution is 2.24. The first-order valence-electron chi connectivity index (χ1n) is 5.19. The molecule has 17 heavy (non-hydrogen) atoms. The van der Waals surface area contributed by atoms with Crippen molar-refractivity contribution in [2.75, 3.05) is 18.6 Å². The fraction of sp³-hybridized carbons (Fsp3) is 0.455. The number of hydrogen-bond donors (Lipinski definition) is 2. The molecule has 0 spiro atoms. The lowest BCUT2D eigenvalue weighted by Gasteiger charge is -2.15. The van der Waals surface area contributed by atoms with Gasteiger partial charge in [-0.3, -0.25) is 0 Å². The second-order valence-electron chi connectivity index (χ2n) is 4.01. The van der Waals surface area contributed by atoms with Crippen molar-refractivity contribution < 1.29 is 17.9 Å². The molecule has 1 aromatic carbocycles. The Balaban J connectivity index is 2.64. The number of phenols is 1. The maximum Gasteiger partial charge on any atom is 0.148 e. The van der Waals surface area contributed by atoms with Crippen LogP contribution in [0.1, 0.15) is 18.5 Å². The van der Waals surface area contributed by atoms with E-state index < -0.39 is 15.7 Å². The quantitative estimate of drug-likeness (QED) is 0.836. The second-order valence-corrected chi connectivity index (χ2v) is 6.27. The third-order valence-corrected chi connectivity index (χ3v) is 3.33. The Morgan fingerprint density at radius 1 is 1.47 bits per heavy atom. The third kappa shape index (κ3) is 4.70. The van der Waals surface area contributed by atoms with Gasteiger partial charge in [0.1, 0.15) is 21.4 Å². The second kappa shape index (κ2) is 5.46. The first kappa shape index (κ1) is 13.9. The first-order valence-corrected chi connectivity index (χ1v) is 7.25. The molecule has 0 aliphatic rings. The Morgan fingerprint density at radius 3 is 2.71 bits per heavy atom. The van der Waals surface area contributed by atoms with Crippen LogP contribution in [0.4, 0.5) is 4.39 Å². The summed E-state index contributed by atoms with van der Waals surface area (Å²) in [5, 5.41) is 12.5. The van der Waals surface area contributed by atoms with Crippen LogP contribution >= 0.6 is 0 Å². The molecule has 0 aliphatic carbocycles. The molecule has 2 N–H and O–H groups in total. The summed E-state index contributed by atoms with van der Waals surface area (Å²) in [6, 6.07) is 3.36. The molecule has 1 atom stereocenters. The van der Waals surface area contributed by atoms with E-state index in [9.17, 15) is 17.9 Å². The Hall–Kier alpha value is -1.14. The maximum atomic E-state index is 13.0. The number of benzene rings is 1. The van der Waals surface area contributed by atoms with E-state index in [2.05, 4.69) is 5.32 Å². The molecule has 1 rings (SSSR count). The summed E-state index contributed by atoms with van der Waals surface area (Å²) in [5.74, 6) is -0.437. The van der Waals surface area contributed by atoms with Crippen molar-refractivity contribution in [1.29, 1.82) is 0 Å². The average molecular weight is 261 g/mol. The van der Waals surface area contributed by atoms with Gasteiger partial charge in [-0.2, -0.15) is 0 Å². The van der Waals surface area contributed by atoms with Crippen molar-refractivity contribution in [1.82, 2.24) is 5.32 Å². The standard InChI is InChI=1S/C11H16FNO3S/c1-8(13-5-6-17(2,15)16)10-7-9(12)3-4-11(10)14/h3-4,7-8,13-14H,5-6H2,1-2H3. The highest BCUT2D eigenvalue weighted by Gasteiger charge is 2.11. The van der Waals surface area contributed by atoms with Crippen LogP contribution in [0, 0.1) is 5.82 Å². The molecule has 0 fully saturated rings. The van der Waals surface area contributed by atoms with Crippen molar-refractivity contribution in [2.45, 2.75) is 13.0 Å². The summed E-state index contributed by atoms with van der Waals surface area (Å²) < 4.78 is 34.8. The summed E-state index contributed by atoms with van der Waals surface area (Å²) >= 11 is 0. The van der Waals surface area contributed by atoms with Crippen LogP contribution in [-0.2, 0) is 9.84 Å². The van der Waals surface area contributed by atoms with Gasteiger partial charge in [-0.1, -0.05) is 0 Å². The molecule has 0 heterocycles. The number of aromatic hydroxyl groups is 1. The maximum absolute atomic E-state index is 13.0. The Labute approximate surface area is 100 Å². The predicted octanol–water partition coefficient (Wildman–Crippen LogP) is 1.23. The number of sulfone groups is 1. The van der Waals surface area contributed by atoms with Crippen LogP contribution in [-0.4, -0.2) is 32.1 Å². The lowest BCUT2D eigenvalue weighted by molar-refractivity contribution is 0.451. The van der Waals surface area contributed by atoms with Crippen LogP contribution in [0.15, 0.2) is 18.2 Å². The third-order valence-electron chi connectivity index (χ3n) is 2.38. The number of nitrogens with one attached hydrogen (secondary N) is 1. The molecule has 0 saturated heterocycles. The summed E-state index contributed by atoms with van der Waals surface area (Å²) in [4.78, 5) is 0. The summed E-state index contributed by atoms with van der Waals surface area (Å²) in [7, 11) is -3.02. The molecular weight excluding hydrogens is 245 g/mol. The van der Waals surface area contributed by atoms with Crippen LogP contribution in [0.25, 0.3) is 0 Å². The van der Waals surface area contributed by atoms with Crippen LogP contribution in [0.3, 0.4) is 0 Å². The monoisotopic (exact) mass is 261 g/mol. The van der Waals surface area contributed by atoms with Crippen molar-refractivity contribution >= 4 is 9.84 Å².